The number of nitrogens with zero attached hydrogens (tertiary/aromatic N) is 2. The quantitative estimate of drug-likeness (QED) is 0.435. The first-order chi connectivity index (χ1) is 8.40. The summed E-state index contributed by atoms with van der Waals surface area (Å²) in [5.41, 5.74) is 0.528. The van der Waals surface area contributed by atoms with Crippen molar-refractivity contribution in [3.05, 3.63) is 31.2 Å². The van der Waals surface area contributed by atoms with Crippen LogP contribution in [0.25, 0.3) is 0 Å². The van der Waals surface area contributed by atoms with Gasteiger partial charge in [0.15, 0.2) is 0 Å². The Hall–Kier alpha value is -0.660. The van der Waals surface area contributed by atoms with Crippen molar-refractivity contribution in [2.45, 2.75) is 11.8 Å². The van der Waals surface area contributed by atoms with Gasteiger partial charge in [0.2, 0.25) is 5.91 Å². The van der Waals surface area contributed by atoms with Crippen molar-refractivity contribution in [2.24, 2.45) is 0 Å². The van der Waals surface area contributed by atoms with Gasteiger partial charge in [-0.25, -0.2) is 0 Å². The van der Waals surface area contributed by atoms with E-state index in [1.807, 2.05) is 0 Å². The number of halogens is 3. The molecule has 1 aromatic carbocycles. The second kappa shape index (κ2) is 5.14. The normalized spacial score (nSPS) is 19.4. The Labute approximate surface area is 124 Å². The summed E-state index contributed by atoms with van der Waals surface area (Å²) in [6, 6.07) is 2.74. The highest BCUT2D eigenvalue weighted by Gasteiger charge is 2.32. The lowest BCUT2D eigenvalue weighted by molar-refractivity contribution is -0.385. The number of nitro benzene ring substituents is 1. The van der Waals surface area contributed by atoms with Gasteiger partial charge in [-0.2, -0.15) is 0 Å². The first-order valence-electron chi connectivity index (χ1n) is 4.98. The second-order valence-electron chi connectivity index (χ2n) is 3.82. The van der Waals surface area contributed by atoms with Gasteiger partial charge in [0.25, 0.3) is 5.69 Å². The van der Waals surface area contributed by atoms with Crippen LogP contribution in [-0.4, -0.2) is 22.8 Å². The number of carbonyl (C=O) groups is 1. The van der Waals surface area contributed by atoms with Crippen LogP contribution < -0.4 is 4.90 Å². The lowest BCUT2D eigenvalue weighted by Gasteiger charge is -2.19. The Bertz CT molecular complexity index is 515. The molecule has 8 heteroatoms. The number of hydrogen-bond acceptors (Lipinski definition) is 3. The number of hydrogen-bond donors (Lipinski definition) is 0. The van der Waals surface area contributed by atoms with E-state index in [4.69, 9.17) is 11.6 Å². The smallest absolute Gasteiger partial charge is 0.271 e. The van der Waals surface area contributed by atoms with E-state index in [-0.39, 0.29) is 23.4 Å². The van der Waals surface area contributed by atoms with E-state index >= 15 is 0 Å². The Kier molecular flexibility index (Phi) is 3.93. The van der Waals surface area contributed by atoms with Crippen LogP contribution in [0.4, 0.5) is 11.4 Å². The minimum absolute atomic E-state index is 0.0495. The third-order valence-corrected chi connectivity index (χ3v) is 4.06. The highest BCUT2D eigenvalue weighted by Crippen LogP contribution is 2.40. The van der Waals surface area contributed by atoms with Crippen LogP contribution in [0.15, 0.2) is 21.1 Å². The zero-order chi connectivity index (χ0) is 13.4. The van der Waals surface area contributed by atoms with E-state index in [2.05, 4.69) is 31.9 Å². The molecule has 18 heavy (non-hydrogen) atoms. The Morgan fingerprint density at radius 2 is 1.94 bits per heavy atom. The average Bonchev–Trinajstić information content (AvgIpc) is 2.56. The summed E-state index contributed by atoms with van der Waals surface area (Å²) in [5.74, 6) is -0.0924. The predicted octanol–water partition coefficient (Wildman–Crippen LogP) is 3.46. The van der Waals surface area contributed by atoms with E-state index in [9.17, 15) is 14.9 Å². The van der Waals surface area contributed by atoms with Crippen LogP contribution in [0.5, 0.6) is 0 Å². The maximum Gasteiger partial charge on any atom is 0.271 e. The fraction of sp³-hybridized carbons (Fsp3) is 0.300. The number of non-ortho nitro benzene ring substituents is 1. The molecule has 96 valence electrons. The molecule has 5 nitrogen and oxygen atoms in total. The monoisotopic (exact) mass is 396 g/mol. The van der Waals surface area contributed by atoms with Crippen molar-refractivity contribution >= 4 is 60.7 Å². The zero-order valence-corrected chi connectivity index (χ0v) is 12.8. The molecule has 1 heterocycles. The summed E-state index contributed by atoms with van der Waals surface area (Å²) in [4.78, 5) is 23.5. The molecule has 1 amide bonds. The molecule has 0 bridgehead atoms. The molecule has 0 spiro atoms. The molecule has 1 aliphatic rings. The van der Waals surface area contributed by atoms with Gasteiger partial charge in [0.05, 0.1) is 16.0 Å². The molecule has 1 aromatic rings. The summed E-state index contributed by atoms with van der Waals surface area (Å²) in [6.07, 6.45) is 0.275. The lowest BCUT2D eigenvalue weighted by Crippen LogP contribution is -2.25. The molecule has 2 rings (SSSR count). The number of benzene rings is 1. The van der Waals surface area contributed by atoms with Gasteiger partial charge < -0.3 is 4.90 Å². The number of rotatable bonds is 2. The summed E-state index contributed by atoms with van der Waals surface area (Å²) < 4.78 is 0.977. The predicted molar refractivity (Wildman–Crippen MR) is 75.1 cm³/mol. The zero-order valence-electron chi connectivity index (χ0n) is 8.90. The Morgan fingerprint density at radius 3 is 2.33 bits per heavy atom. The number of carbonyl (C=O) groups excluding carboxylic acids is 1. The highest BCUT2D eigenvalue weighted by atomic mass is 79.9. The molecule has 1 fully saturated rings. The largest absolute Gasteiger partial charge is 0.309 e. The van der Waals surface area contributed by atoms with Crippen molar-refractivity contribution in [2.75, 3.05) is 11.4 Å². The van der Waals surface area contributed by atoms with E-state index in [1.165, 1.54) is 17.0 Å². The number of nitro groups is 1. The van der Waals surface area contributed by atoms with Crippen molar-refractivity contribution in [3.8, 4) is 0 Å². The molecule has 0 N–H and O–H groups in total. The molecular formula is C10H7Br2ClN2O3. The summed E-state index contributed by atoms with van der Waals surface area (Å²) in [6.45, 7) is 0.398. The van der Waals surface area contributed by atoms with Gasteiger partial charge >= 0.3 is 0 Å². The SMILES string of the molecule is O=C1CC(Cl)CN1c1c(Br)cc([N+](=O)[O-])cc1Br. The van der Waals surface area contributed by atoms with Crippen LogP contribution in [0.1, 0.15) is 6.42 Å². The number of anilines is 1. The van der Waals surface area contributed by atoms with E-state index < -0.39 is 4.92 Å². The van der Waals surface area contributed by atoms with Gasteiger partial charge in [-0.3, -0.25) is 14.9 Å². The maximum atomic E-state index is 11.8. The molecule has 1 atom stereocenters. The average molecular weight is 398 g/mol. The van der Waals surface area contributed by atoms with Crippen molar-refractivity contribution < 1.29 is 9.72 Å². The van der Waals surface area contributed by atoms with Crippen molar-refractivity contribution in [1.29, 1.82) is 0 Å². The molecule has 0 radical (unpaired) electrons. The van der Waals surface area contributed by atoms with E-state index in [0.29, 0.717) is 21.2 Å². The number of alkyl halides is 1. The van der Waals surface area contributed by atoms with Crippen LogP contribution >= 0.6 is 43.5 Å². The molecular weight excluding hydrogens is 391 g/mol. The molecule has 0 aromatic heterocycles. The molecule has 0 aliphatic carbocycles. The first kappa shape index (κ1) is 13.8. The van der Waals surface area contributed by atoms with Crippen LogP contribution in [0.3, 0.4) is 0 Å². The van der Waals surface area contributed by atoms with Crippen molar-refractivity contribution in [1.82, 2.24) is 0 Å². The van der Waals surface area contributed by atoms with E-state index in [0.717, 1.165) is 0 Å². The Balaban J connectivity index is 2.46. The molecule has 1 aliphatic heterocycles. The second-order valence-corrected chi connectivity index (χ2v) is 6.15. The summed E-state index contributed by atoms with van der Waals surface area (Å²) in [7, 11) is 0. The lowest BCUT2D eigenvalue weighted by atomic mass is 10.2. The van der Waals surface area contributed by atoms with Crippen LogP contribution in [-0.2, 0) is 4.79 Å². The maximum absolute atomic E-state index is 11.8. The van der Waals surface area contributed by atoms with Gasteiger partial charge in [-0.05, 0) is 31.9 Å². The minimum Gasteiger partial charge on any atom is -0.309 e. The van der Waals surface area contributed by atoms with Gasteiger partial charge in [0.1, 0.15) is 0 Å². The summed E-state index contributed by atoms with van der Waals surface area (Å²) >= 11 is 12.4. The first-order valence-corrected chi connectivity index (χ1v) is 7.00. The standard InChI is InChI=1S/C10H7Br2ClN2O3/c11-7-2-6(15(17)18)3-8(12)10(7)14-4-5(13)1-9(14)16/h2-3,5H,1,4H2. The van der Waals surface area contributed by atoms with E-state index in [1.54, 1.807) is 0 Å². The molecule has 1 unspecified atom stereocenters. The summed E-state index contributed by atoms with van der Waals surface area (Å²) in [5, 5.41) is 10.5. The Morgan fingerprint density at radius 1 is 1.39 bits per heavy atom. The molecule has 1 saturated heterocycles. The van der Waals surface area contributed by atoms with Gasteiger partial charge in [-0.15, -0.1) is 11.6 Å². The highest BCUT2D eigenvalue weighted by molar-refractivity contribution is 9.11. The minimum atomic E-state index is -0.491. The fourth-order valence-electron chi connectivity index (χ4n) is 1.80. The van der Waals surface area contributed by atoms with Gasteiger partial charge in [-0.1, -0.05) is 0 Å². The third kappa shape index (κ3) is 2.53. The molecule has 0 saturated carbocycles. The van der Waals surface area contributed by atoms with Gasteiger partial charge in [0, 0.05) is 34.0 Å². The fourth-order valence-corrected chi connectivity index (χ4v) is 3.66. The number of amides is 1. The van der Waals surface area contributed by atoms with Crippen molar-refractivity contribution in [3.63, 3.8) is 0 Å². The van der Waals surface area contributed by atoms with Crippen LogP contribution in [0.2, 0.25) is 0 Å². The topological polar surface area (TPSA) is 63.5 Å². The van der Waals surface area contributed by atoms with Crippen LogP contribution in [0, 0.1) is 10.1 Å². The third-order valence-electron chi connectivity index (χ3n) is 2.56.